The monoisotopic (exact) mass is 168 g/mol. The lowest BCUT2D eigenvalue weighted by Crippen LogP contribution is -2.14. The zero-order valence-electron chi connectivity index (χ0n) is 7.47. The minimum Gasteiger partial charge on any atom is -0.381 e. The van der Waals surface area contributed by atoms with Gasteiger partial charge in [0.1, 0.15) is 0 Å². The van der Waals surface area contributed by atoms with E-state index >= 15 is 0 Å². The molecule has 2 aliphatic rings. The average molecular weight is 168 g/mol. The second-order valence-corrected chi connectivity index (χ2v) is 3.43. The summed E-state index contributed by atoms with van der Waals surface area (Å²) in [6.07, 6.45) is 4.65. The number of ether oxygens (including phenoxy) is 2. The molecule has 2 nitrogen and oxygen atoms in total. The summed E-state index contributed by atoms with van der Waals surface area (Å²) in [5, 5.41) is 0. The Morgan fingerprint density at radius 3 is 1.25 bits per heavy atom. The van der Waals surface area contributed by atoms with Gasteiger partial charge in [-0.1, -0.05) is 11.1 Å². The van der Waals surface area contributed by atoms with Gasteiger partial charge < -0.3 is 9.47 Å². The highest BCUT2D eigenvalue weighted by Gasteiger charge is 2.13. The molecule has 0 radical (unpaired) electrons. The van der Waals surface area contributed by atoms with Gasteiger partial charge in [-0.05, 0) is 25.7 Å². The van der Waals surface area contributed by atoms with Gasteiger partial charge in [-0.2, -0.15) is 0 Å². The topological polar surface area (TPSA) is 18.5 Å². The third kappa shape index (κ3) is 1.87. The second kappa shape index (κ2) is 4.06. The Kier molecular flexibility index (Phi) is 2.79. The quantitative estimate of drug-likeness (QED) is 0.514. The molecule has 0 amide bonds. The Morgan fingerprint density at radius 1 is 0.583 bits per heavy atom. The molecular formula is C10H16O2. The van der Waals surface area contributed by atoms with Crippen molar-refractivity contribution in [1.82, 2.24) is 0 Å². The summed E-state index contributed by atoms with van der Waals surface area (Å²) in [6, 6.07) is 0. The molecule has 0 atom stereocenters. The maximum atomic E-state index is 5.33. The lowest BCUT2D eigenvalue weighted by atomic mass is 9.95. The molecule has 2 rings (SSSR count). The van der Waals surface area contributed by atoms with Crippen LogP contribution in [0, 0.1) is 0 Å². The molecule has 12 heavy (non-hydrogen) atoms. The lowest BCUT2D eigenvalue weighted by Gasteiger charge is -2.22. The van der Waals surface area contributed by atoms with E-state index in [1.807, 2.05) is 0 Å². The molecule has 0 aromatic heterocycles. The van der Waals surface area contributed by atoms with E-state index in [1.165, 1.54) is 0 Å². The molecule has 2 aliphatic heterocycles. The van der Waals surface area contributed by atoms with Crippen LogP contribution in [0.1, 0.15) is 25.7 Å². The van der Waals surface area contributed by atoms with Crippen molar-refractivity contribution in [2.75, 3.05) is 26.4 Å². The van der Waals surface area contributed by atoms with Crippen LogP contribution in [0.5, 0.6) is 0 Å². The molecular weight excluding hydrogens is 152 g/mol. The molecule has 0 saturated carbocycles. The standard InChI is InChI=1S/C10H16O2/c1-5-11-6-2-9(1)10-3-7-12-8-4-10/h1-8H2. The van der Waals surface area contributed by atoms with Gasteiger partial charge in [0, 0.05) is 0 Å². The minimum atomic E-state index is 0.930. The van der Waals surface area contributed by atoms with Crippen molar-refractivity contribution in [1.29, 1.82) is 0 Å². The van der Waals surface area contributed by atoms with Gasteiger partial charge in [0.2, 0.25) is 0 Å². The molecule has 0 aliphatic carbocycles. The maximum Gasteiger partial charge on any atom is 0.0503 e. The summed E-state index contributed by atoms with van der Waals surface area (Å²) in [5.41, 5.74) is 3.31. The summed E-state index contributed by atoms with van der Waals surface area (Å²) in [5.74, 6) is 0. The highest BCUT2D eigenvalue weighted by molar-refractivity contribution is 5.16. The van der Waals surface area contributed by atoms with Crippen molar-refractivity contribution in [2.45, 2.75) is 25.7 Å². The van der Waals surface area contributed by atoms with Crippen molar-refractivity contribution in [2.24, 2.45) is 0 Å². The van der Waals surface area contributed by atoms with Gasteiger partial charge in [-0.25, -0.2) is 0 Å². The van der Waals surface area contributed by atoms with E-state index in [0.717, 1.165) is 52.1 Å². The van der Waals surface area contributed by atoms with E-state index in [-0.39, 0.29) is 0 Å². The third-order valence-corrected chi connectivity index (χ3v) is 2.69. The van der Waals surface area contributed by atoms with Crippen LogP contribution in [0.2, 0.25) is 0 Å². The van der Waals surface area contributed by atoms with E-state index in [4.69, 9.17) is 9.47 Å². The molecule has 0 aromatic rings. The number of rotatable bonds is 0. The Labute approximate surface area is 73.5 Å². The van der Waals surface area contributed by atoms with Crippen molar-refractivity contribution in [3.05, 3.63) is 11.1 Å². The SMILES string of the molecule is C1CC(=C2CCOCC2)CCO1. The largest absolute Gasteiger partial charge is 0.381 e. The predicted molar refractivity (Wildman–Crippen MR) is 47.1 cm³/mol. The molecule has 0 unspecified atom stereocenters. The molecule has 2 heteroatoms. The average Bonchev–Trinajstić information content (AvgIpc) is 2.21. The minimum absolute atomic E-state index is 0.930. The summed E-state index contributed by atoms with van der Waals surface area (Å²) >= 11 is 0. The smallest absolute Gasteiger partial charge is 0.0503 e. The highest BCUT2D eigenvalue weighted by atomic mass is 16.5. The molecule has 0 spiro atoms. The van der Waals surface area contributed by atoms with E-state index < -0.39 is 0 Å². The fourth-order valence-corrected chi connectivity index (χ4v) is 1.94. The van der Waals surface area contributed by atoms with Crippen LogP contribution in [-0.4, -0.2) is 26.4 Å². The summed E-state index contributed by atoms with van der Waals surface area (Å²) in [6.45, 7) is 3.72. The molecule has 0 bridgehead atoms. The van der Waals surface area contributed by atoms with Crippen LogP contribution in [0.4, 0.5) is 0 Å². The number of hydrogen-bond acceptors (Lipinski definition) is 2. The van der Waals surface area contributed by atoms with Gasteiger partial charge >= 0.3 is 0 Å². The molecule has 2 heterocycles. The molecule has 68 valence electrons. The van der Waals surface area contributed by atoms with Crippen LogP contribution in [-0.2, 0) is 9.47 Å². The van der Waals surface area contributed by atoms with Gasteiger partial charge in [-0.3, -0.25) is 0 Å². The Bertz CT molecular complexity index is 148. The van der Waals surface area contributed by atoms with E-state index in [0.29, 0.717) is 0 Å². The fourth-order valence-electron chi connectivity index (χ4n) is 1.94. The fraction of sp³-hybridized carbons (Fsp3) is 0.800. The first-order valence-electron chi connectivity index (χ1n) is 4.82. The van der Waals surface area contributed by atoms with E-state index in [1.54, 1.807) is 11.1 Å². The van der Waals surface area contributed by atoms with Crippen molar-refractivity contribution in [3.8, 4) is 0 Å². The maximum absolute atomic E-state index is 5.33. The van der Waals surface area contributed by atoms with E-state index in [2.05, 4.69) is 0 Å². The predicted octanol–water partition coefficient (Wildman–Crippen LogP) is 1.90. The van der Waals surface area contributed by atoms with Crippen LogP contribution in [0.15, 0.2) is 11.1 Å². The normalized spacial score (nSPS) is 26.0. The summed E-state index contributed by atoms with van der Waals surface area (Å²) in [7, 11) is 0. The lowest BCUT2D eigenvalue weighted by molar-refractivity contribution is 0.107. The Morgan fingerprint density at radius 2 is 0.917 bits per heavy atom. The third-order valence-electron chi connectivity index (χ3n) is 2.69. The van der Waals surface area contributed by atoms with Crippen molar-refractivity contribution < 1.29 is 9.47 Å². The van der Waals surface area contributed by atoms with Gasteiger partial charge in [0.05, 0.1) is 26.4 Å². The van der Waals surface area contributed by atoms with Crippen LogP contribution in [0.3, 0.4) is 0 Å². The first kappa shape index (κ1) is 8.27. The van der Waals surface area contributed by atoms with Gasteiger partial charge in [0.15, 0.2) is 0 Å². The van der Waals surface area contributed by atoms with Crippen LogP contribution < -0.4 is 0 Å². The molecule has 0 aromatic carbocycles. The second-order valence-electron chi connectivity index (χ2n) is 3.43. The molecule has 2 fully saturated rings. The highest BCUT2D eigenvalue weighted by Crippen LogP contribution is 2.24. The zero-order valence-corrected chi connectivity index (χ0v) is 7.47. The van der Waals surface area contributed by atoms with E-state index in [9.17, 15) is 0 Å². The van der Waals surface area contributed by atoms with Crippen molar-refractivity contribution >= 4 is 0 Å². The first-order chi connectivity index (χ1) is 5.97. The number of hydrogen-bond donors (Lipinski definition) is 0. The van der Waals surface area contributed by atoms with Crippen molar-refractivity contribution in [3.63, 3.8) is 0 Å². The Balaban J connectivity index is 2.00. The summed E-state index contributed by atoms with van der Waals surface area (Å²) in [4.78, 5) is 0. The van der Waals surface area contributed by atoms with Gasteiger partial charge in [0.25, 0.3) is 0 Å². The summed E-state index contributed by atoms with van der Waals surface area (Å²) < 4.78 is 10.7. The zero-order chi connectivity index (χ0) is 8.23. The molecule has 0 N–H and O–H groups in total. The van der Waals surface area contributed by atoms with Crippen LogP contribution >= 0.6 is 0 Å². The first-order valence-corrected chi connectivity index (χ1v) is 4.82. The van der Waals surface area contributed by atoms with Crippen LogP contribution in [0.25, 0.3) is 0 Å². The van der Waals surface area contributed by atoms with Gasteiger partial charge in [-0.15, -0.1) is 0 Å². The Hall–Kier alpha value is -0.340. The molecule has 2 saturated heterocycles.